The summed E-state index contributed by atoms with van der Waals surface area (Å²) in [6.07, 6.45) is 3.35. The molecule has 1 aliphatic rings. The van der Waals surface area contributed by atoms with E-state index in [2.05, 4.69) is 0 Å². The Morgan fingerprint density at radius 1 is 1.14 bits per heavy atom. The van der Waals surface area contributed by atoms with Gasteiger partial charge < -0.3 is 9.47 Å². The van der Waals surface area contributed by atoms with E-state index in [4.69, 9.17) is 14.7 Å². The second-order valence-electron chi connectivity index (χ2n) is 5.15. The van der Waals surface area contributed by atoms with E-state index in [1.165, 1.54) is 17.5 Å². The van der Waals surface area contributed by atoms with Gasteiger partial charge in [-0.25, -0.2) is 4.79 Å². The third-order valence-electron chi connectivity index (χ3n) is 3.66. The molecule has 3 rings (SSSR count). The SMILES string of the molecule is N#Cc1ccccc1OC(=O)COc1ccc2c(c1)CCC2. The molecule has 0 saturated heterocycles. The van der Waals surface area contributed by atoms with Gasteiger partial charge in [-0.2, -0.15) is 5.26 Å². The average Bonchev–Trinajstić information content (AvgIpc) is 3.01. The molecule has 4 heteroatoms. The first kappa shape index (κ1) is 14.2. The molecular weight excluding hydrogens is 278 g/mol. The number of hydrogen-bond donors (Lipinski definition) is 0. The van der Waals surface area contributed by atoms with Crippen LogP contribution in [0, 0.1) is 11.3 Å². The van der Waals surface area contributed by atoms with Crippen molar-refractivity contribution in [2.75, 3.05) is 6.61 Å². The van der Waals surface area contributed by atoms with Gasteiger partial charge in [0.15, 0.2) is 6.61 Å². The zero-order valence-corrected chi connectivity index (χ0v) is 12.0. The molecule has 0 heterocycles. The van der Waals surface area contributed by atoms with Crippen LogP contribution in [0.3, 0.4) is 0 Å². The summed E-state index contributed by atoms with van der Waals surface area (Å²) >= 11 is 0. The summed E-state index contributed by atoms with van der Waals surface area (Å²) in [6.45, 7) is -0.182. The Labute approximate surface area is 128 Å². The fraction of sp³-hybridized carbons (Fsp3) is 0.222. The lowest BCUT2D eigenvalue weighted by Crippen LogP contribution is -2.18. The number of aryl methyl sites for hydroxylation is 2. The van der Waals surface area contributed by atoms with Gasteiger partial charge in [0.25, 0.3) is 0 Å². The Hall–Kier alpha value is -2.80. The number of hydrogen-bond acceptors (Lipinski definition) is 4. The van der Waals surface area contributed by atoms with Gasteiger partial charge in [-0.05, 0) is 54.7 Å². The molecule has 22 heavy (non-hydrogen) atoms. The van der Waals surface area contributed by atoms with Crippen LogP contribution >= 0.6 is 0 Å². The molecule has 0 aliphatic heterocycles. The van der Waals surface area contributed by atoms with Crippen molar-refractivity contribution in [3.05, 3.63) is 59.2 Å². The molecule has 110 valence electrons. The van der Waals surface area contributed by atoms with Crippen LogP contribution in [0.25, 0.3) is 0 Å². The number of ether oxygens (including phenoxy) is 2. The van der Waals surface area contributed by atoms with E-state index in [1.807, 2.05) is 24.3 Å². The molecule has 0 saturated carbocycles. The van der Waals surface area contributed by atoms with Crippen LogP contribution in [0.1, 0.15) is 23.1 Å². The highest BCUT2D eigenvalue weighted by Gasteiger charge is 2.13. The average molecular weight is 293 g/mol. The molecule has 2 aromatic carbocycles. The number of benzene rings is 2. The van der Waals surface area contributed by atoms with Crippen LogP contribution in [-0.2, 0) is 17.6 Å². The summed E-state index contributed by atoms with van der Waals surface area (Å²) in [7, 11) is 0. The van der Waals surface area contributed by atoms with Crippen molar-refractivity contribution in [3.63, 3.8) is 0 Å². The number of nitriles is 1. The summed E-state index contributed by atoms with van der Waals surface area (Å²) in [5.41, 5.74) is 2.98. The quantitative estimate of drug-likeness (QED) is 0.642. The normalized spacial score (nSPS) is 12.3. The minimum Gasteiger partial charge on any atom is -0.482 e. The van der Waals surface area contributed by atoms with Gasteiger partial charge >= 0.3 is 5.97 Å². The number of fused-ring (bicyclic) bond motifs is 1. The van der Waals surface area contributed by atoms with E-state index in [-0.39, 0.29) is 12.4 Å². The van der Waals surface area contributed by atoms with Crippen LogP contribution < -0.4 is 9.47 Å². The van der Waals surface area contributed by atoms with E-state index in [9.17, 15) is 4.79 Å². The van der Waals surface area contributed by atoms with Crippen molar-refractivity contribution in [2.45, 2.75) is 19.3 Å². The molecular formula is C18H15NO3. The third kappa shape index (κ3) is 3.09. The van der Waals surface area contributed by atoms with E-state index >= 15 is 0 Å². The molecule has 0 fully saturated rings. The highest BCUT2D eigenvalue weighted by Crippen LogP contribution is 2.26. The lowest BCUT2D eigenvalue weighted by atomic mass is 10.1. The number of carbonyl (C=O) groups excluding carboxylic acids is 1. The summed E-state index contributed by atoms with van der Waals surface area (Å²) in [4.78, 5) is 11.8. The van der Waals surface area contributed by atoms with Gasteiger partial charge in [0.2, 0.25) is 0 Å². The predicted octanol–water partition coefficient (Wildman–Crippen LogP) is 3.03. The van der Waals surface area contributed by atoms with Gasteiger partial charge in [0.05, 0.1) is 5.56 Å². The first-order valence-corrected chi connectivity index (χ1v) is 7.20. The van der Waals surface area contributed by atoms with Gasteiger partial charge in [-0.15, -0.1) is 0 Å². The third-order valence-corrected chi connectivity index (χ3v) is 3.66. The number of nitrogens with zero attached hydrogens (tertiary/aromatic N) is 1. The molecule has 0 unspecified atom stereocenters. The largest absolute Gasteiger partial charge is 0.482 e. The Balaban J connectivity index is 1.60. The molecule has 1 aliphatic carbocycles. The summed E-state index contributed by atoms with van der Waals surface area (Å²) in [5, 5.41) is 8.96. The molecule has 0 amide bonds. The molecule has 0 spiro atoms. The van der Waals surface area contributed by atoms with E-state index in [1.54, 1.807) is 24.3 Å². The number of rotatable bonds is 4. The summed E-state index contributed by atoms with van der Waals surface area (Å²) in [6, 6.07) is 14.5. The van der Waals surface area contributed by atoms with Crippen molar-refractivity contribution in [1.82, 2.24) is 0 Å². The smallest absolute Gasteiger partial charge is 0.349 e. The minimum atomic E-state index is -0.525. The first-order valence-electron chi connectivity index (χ1n) is 7.20. The van der Waals surface area contributed by atoms with Crippen molar-refractivity contribution in [3.8, 4) is 17.6 Å². The van der Waals surface area contributed by atoms with Crippen LogP contribution in [0.15, 0.2) is 42.5 Å². The minimum absolute atomic E-state index is 0.182. The summed E-state index contributed by atoms with van der Waals surface area (Å²) in [5.74, 6) is 0.405. The highest BCUT2D eigenvalue weighted by molar-refractivity contribution is 5.74. The lowest BCUT2D eigenvalue weighted by molar-refractivity contribution is -0.136. The van der Waals surface area contributed by atoms with Crippen LogP contribution in [-0.4, -0.2) is 12.6 Å². The van der Waals surface area contributed by atoms with Crippen molar-refractivity contribution in [1.29, 1.82) is 5.26 Å². The highest BCUT2D eigenvalue weighted by atomic mass is 16.6. The van der Waals surface area contributed by atoms with Crippen LogP contribution in [0.4, 0.5) is 0 Å². The maximum Gasteiger partial charge on any atom is 0.349 e. The molecule has 4 nitrogen and oxygen atoms in total. The second kappa shape index (κ2) is 6.31. The predicted molar refractivity (Wildman–Crippen MR) is 80.8 cm³/mol. The second-order valence-corrected chi connectivity index (χ2v) is 5.15. The van der Waals surface area contributed by atoms with E-state index < -0.39 is 5.97 Å². The molecule has 0 radical (unpaired) electrons. The zero-order chi connectivity index (χ0) is 15.4. The topological polar surface area (TPSA) is 59.3 Å². The molecule has 2 aromatic rings. The maximum absolute atomic E-state index is 11.8. The van der Waals surface area contributed by atoms with Gasteiger partial charge in [0.1, 0.15) is 17.6 Å². The van der Waals surface area contributed by atoms with Crippen molar-refractivity contribution >= 4 is 5.97 Å². The molecule has 0 atom stereocenters. The van der Waals surface area contributed by atoms with Gasteiger partial charge in [-0.3, -0.25) is 0 Å². The Kier molecular flexibility index (Phi) is 4.06. The van der Waals surface area contributed by atoms with Crippen molar-refractivity contribution in [2.24, 2.45) is 0 Å². The fourth-order valence-corrected chi connectivity index (χ4v) is 2.58. The summed E-state index contributed by atoms with van der Waals surface area (Å²) < 4.78 is 10.6. The first-order chi connectivity index (χ1) is 10.8. The Morgan fingerprint density at radius 2 is 1.95 bits per heavy atom. The van der Waals surface area contributed by atoms with Crippen molar-refractivity contribution < 1.29 is 14.3 Å². The molecule has 0 aromatic heterocycles. The zero-order valence-electron chi connectivity index (χ0n) is 12.0. The maximum atomic E-state index is 11.8. The van der Waals surface area contributed by atoms with Crippen LogP contribution in [0.2, 0.25) is 0 Å². The monoisotopic (exact) mass is 293 g/mol. The fourth-order valence-electron chi connectivity index (χ4n) is 2.58. The standard InChI is InChI=1S/C18H15NO3/c19-11-15-4-1-2-7-17(15)22-18(20)12-21-16-9-8-13-5-3-6-14(13)10-16/h1-2,4,7-10H,3,5-6,12H2. The van der Waals surface area contributed by atoms with E-state index in [0.717, 1.165) is 12.8 Å². The molecule has 0 N–H and O–H groups in total. The Bertz CT molecular complexity index is 746. The molecule has 0 bridgehead atoms. The number of carbonyl (C=O) groups is 1. The number of para-hydroxylation sites is 1. The van der Waals surface area contributed by atoms with Gasteiger partial charge in [-0.1, -0.05) is 18.2 Å². The van der Waals surface area contributed by atoms with E-state index in [0.29, 0.717) is 11.3 Å². The number of esters is 1. The van der Waals surface area contributed by atoms with Gasteiger partial charge in [0, 0.05) is 0 Å². The Morgan fingerprint density at radius 3 is 2.82 bits per heavy atom. The van der Waals surface area contributed by atoms with Crippen LogP contribution in [0.5, 0.6) is 11.5 Å². The lowest BCUT2D eigenvalue weighted by Gasteiger charge is -2.09.